The molecule has 0 radical (unpaired) electrons. The number of aromatic amines is 1. The summed E-state index contributed by atoms with van der Waals surface area (Å²) in [6.45, 7) is 2.24. The molecule has 36 heavy (non-hydrogen) atoms. The summed E-state index contributed by atoms with van der Waals surface area (Å²) in [5, 5.41) is 24.4. The van der Waals surface area contributed by atoms with Gasteiger partial charge in [0.1, 0.15) is 5.75 Å². The second kappa shape index (κ2) is 9.31. The number of benzene rings is 2. The minimum Gasteiger partial charge on any atom is -0.508 e. The average molecular weight is 498 g/mol. The van der Waals surface area contributed by atoms with E-state index in [0.29, 0.717) is 16.5 Å². The number of phenolic OH excluding ortho intramolecular Hbond substituents is 1. The molecular weight excluding hydrogens is 471 g/mol. The Morgan fingerprint density at radius 2 is 1.81 bits per heavy atom. The smallest absolute Gasteiger partial charge is 0.418 e. The van der Waals surface area contributed by atoms with Gasteiger partial charge >= 0.3 is 6.18 Å². The fourth-order valence-electron chi connectivity index (χ4n) is 4.41. The molecule has 4 rings (SSSR count). The van der Waals surface area contributed by atoms with Crippen LogP contribution in [0.4, 0.5) is 18.9 Å². The van der Waals surface area contributed by atoms with Crippen molar-refractivity contribution in [1.29, 1.82) is 0 Å². The van der Waals surface area contributed by atoms with Crippen molar-refractivity contribution < 1.29 is 23.4 Å². The number of rotatable bonds is 7. The summed E-state index contributed by atoms with van der Waals surface area (Å²) in [6.07, 6.45) is -0.984. The van der Waals surface area contributed by atoms with Crippen molar-refractivity contribution in [2.75, 3.05) is 11.9 Å². The van der Waals surface area contributed by atoms with Crippen molar-refractivity contribution in [2.24, 2.45) is 0 Å². The predicted octanol–water partition coefficient (Wildman–Crippen LogP) is 5.37. The minimum absolute atomic E-state index is 0.168. The number of nitrogens with one attached hydrogen (secondary N) is 2. The highest BCUT2D eigenvalue weighted by atomic mass is 19.4. The first kappa shape index (κ1) is 25.2. The molecule has 0 aliphatic heterocycles. The van der Waals surface area contributed by atoms with Crippen molar-refractivity contribution in [1.82, 2.24) is 9.97 Å². The standard InChI is InChI=1S/C27H26F3N3O3/c1-25(2,21-12-17(5-8-24(21)35)18-4-3-10-31-14-18)15-26(36,27(28,29)30)16-33-19-6-7-22-20(13-19)23(34)9-11-32-22/h3-14,33,35-36H,15-16H2,1-2H3,(H,32,34). The van der Waals surface area contributed by atoms with Gasteiger partial charge in [0.05, 0.1) is 6.54 Å². The Hall–Kier alpha value is -3.85. The van der Waals surface area contributed by atoms with Crippen molar-refractivity contribution in [2.45, 2.75) is 37.5 Å². The summed E-state index contributed by atoms with van der Waals surface area (Å²) in [4.78, 5) is 19.1. The third-order valence-corrected chi connectivity index (χ3v) is 6.33. The van der Waals surface area contributed by atoms with Crippen LogP contribution < -0.4 is 10.7 Å². The third kappa shape index (κ3) is 5.06. The maximum absolute atomic E-state index is 14.2. The van der Waals surface area contributed by atoms with Crippen LogP contribution >= 0.6 is 0 Å². The minimum atomic E-state index is -4.97. The number of aromatic hydroxyl groups is 1. The van der Waals surface area contributed by atoms with Crippen molar-refractivity contribution in [3.05, 3.63) is 89.0 Å². The van der Waals surface area contributed by atoms with Crippen LogP contribution in [0.2, 0.25) is 0 Å². The molecule has 2 aromatic heterocycles. The van der Waals surface area contributed by atoms with E-state index in [0.717, 1.165) is 5.56 Å². The predicted molar refractivity (Wildman–Crippen MR) is 133 cm³/mol. The maximum atomic E-state index is 14.2. The van der Waals surface area contributed by atoms with E-state index >= 15 is 0 Å². The largest absolute Gasteiger partial charge is 0.508 e. The Labute approximate surface area is 205 Å². The zero-order valence-corrected chi connectivity index (χ0v) is 19.7. The van der Waals surface area contributed by atoms with Crippen molar-refractivity contribution >= 4 is 16.6 Å². The molecule has 0 aliphatic carbocycles. The first-order valence-electron chi connectivity index (χ1n) is 11.3. The molecule has 0 aliphatic rings. The van der Waals surface area contributed by atoms with Gasteiger partial charge in [-0.3, -0.25) is 9.78 Å². The highest BCUT2D eigenvalue weighted by Crippen LogP contribution is 2.44. The number of aliphatic hydroxyl groups is 1. The van der Waals surface area contributed by atoms with E-state index in [1.807, 2.05) is 0 Å². The number of nitrogens with zero attached hydrogens (tertiary/aromatic N) is 1. The van der Waals surface area contributed by atoms with Gasteiger partial charge in [-0.2, -0.15) is 13.2 Å². The lowest BCUT2D eigenvalue weighted by Crippen LogP contribution is -2.53. The summed E-state index contributed by atoms with van der Waals surface area (Å²) >= 11 is 0. The number of fused-ring (bicyclic) bond motifs is 1. The monoisotopic (exact) mass is 497 g/mol. The molecule has 4 aromatic rings. The molecular formula is C27H26F3N3O3. The number of phenols is 1. The second-order valence-electron chi connectivity index (χ2n) is 9.52. The van der Waals surface area contributed by atoms with E-state index in [1.54, 1.807) is 56.6 Å². The van der Waals surface area contributed by atoms with Crippen molar-refractivity contribution in [3.8, 4) is 16.9 Å². The summed E-state index contributed by atoms with van der Waals surface area (Å²) in [7, 11) is 0. The molecule has 2 heterocycles. The number of anilines is 1. The first-order valence-corrected chi connectivity index (χ1v) is 11.3. The van der Waals surface area contributed by atoms with Gasteiger partial charge in [-0.05, 0) is 53.8 Å². The quantitative estimate of drug-likeness (QED) is 0.275. The highest BCUT2D eigenvalue weighted by molar-refractivity contribution is 5.82. The van der Waals surface area contributed by atoms with Crippen molar-refractivity contribution in [3.63, 3.8) is 0 Å². The Morgan fingerprint density at radius 3 is 2.50 bits per heavy atom. The number of pyridine rings is 2. The van der Waals surface area contributed by atoms with Crippen LogP contribution in [-0.2, 0) is 5.41 Å². The summed E-state index contributed by atoms with van der Waals surface area (Å²) in [6, 6.07) is 14.1. The zero-order chi connectivity index (χ0) is 26.1. The highest BCUT2D eigenvalue weighted by Gasteiger charge is 2.56. The van der Waals surface area contributed by atoms with Gasteiger partial charge < -0.3 is 20.5 Å². The molecule has 0 saturated carbocycles. The summed E-state index contributed by atoms with van der Waals surface area (Å²) in [5.74, 6) is -0.168. The lowest BCUT2D eigenvalue weighted by Gasteiger charge is -2.38. The van der Waals surface area contributed by atoms with E-state index in [4.69, 9.17) is 0 Å². The Balaban J connectivity index is 1.63. The number of alkyl halides is 3. The summed E-state index contributed by atoms with van der Waals surface area (Å²) < 4.78 is 42.6. The van der Waals surface area contributed by atoms with E-state index in [-0.39, 0.29) is 22.4 Å². The molecule has 188 valence electrons. The molecule has 4 N–H and O–H groups in total. The fourth-order valence-corrected chi connectivity index (χ4v) is 4.41. The first-order chi connectivity index (χ1) is 16.9. The molecule has 0 amide bonds. The van der Waals surface area contributed by atoms with E-state index < -0.39 is 30.2 Å². The van der Waals surface area contributed by atoms with Gasteiger partial charge in [-0.15, -0.1) is 0 Å². The second-order valence-corrected chi connectivity index (χ2v) is 9.52. The molecule has 0 saturated heterocycles. The normalized spacial score (nSPS) is 13.9. The van der Waals surface area contributed by atoms with Crippen LogP contribution in [-0.4, -0.2) is 38.5 Å². The molecule has 0 spiro atoms. The van der Waals surface area contributed by atoms with Gasteiger partial charge in [-0.1, -0.05) is 26.0 Å². The molecule has 2 aromatic carbocycles. The number of H-pyrrole nitrogens is 1. The van der Waals surface area contributed by atoms with Gasteiger partial charge in [0.15, 0.2) is 11.0 Å². The van der Waals surface area contributed by atoms with Crippen LogP contribution in [0, 0.1) is 0 Å². The molecule has 1 atom stereocenters. The van der Waals surface area contributed by atoms with Crippen LogP contribution in [0.1, 0.15) is 25.8 Å². The molecule has 0 fully saturated rings. The Bertz CT molecular complexity index is 1440. The Morgan fingerprint density at radius 1 is 1.03 bits per heavy atom. The van der Waals surface area contributed by atoms with Gasteiger partial charge in [0.2, 0.25) is 0 Å². The van der Waals surface area contributed by atoms with E-state index in [1.165, 1.54) is 30.5 Å². The molecule has 6 nitrogen and oxygen atoms in total. The van der Waals surface area contributed by atoms with Crippen LogP contribution in [0.5, 0.6) is 5.75 Å². The summed E-state index contributed by atoms with van der Waals surface area (Å²) in [5.41, 5.74) is -2.18. The number of aromatic nitrogens is 2. The topological polar surface area (TPSA) is 98.2 Å². The number of hydrogen-bond acceptors (Lipinski definition) is 5. The maximum Gasteiger partial charge on any atom is 0.418 e. The SMILES string of the molecule is CC(C)(CC(O)(CNc1ccc2[nH]ccc(=O)c2c1)C(F)(F)F)c1cc(-c2cccnc2)ccc1O. The lowest BCUT2D eigenvalue weighted by atomic mass is 9.74. The third-order valence-electron chi connectivity index (χ3n) is 6.33. The van der Waals surface area contributed by atoms with Gasteiger partial charge in [0, 0.05) is 52.4 Å². The fraction of sp³-hybridized carbons (Fsp3) is 0.259. The zero-order valence-electron chi connectivity index (χ0n) is 19.7. The van der Waals surface area contributed by atoms with Crippen LogP contribution in [0.3, 0.4) is 0 Å². The van der Waals surface area contributed by atoms with E-state index in [9.17, 15) is 28.2 Å². The molecule has 1 unspecified atom stereocenters. The molecule has 9 heteroatoms. The van der Waals surface area contributed by atoms with Gasteiger partial charge in [-0.25, -0.2) is 0 Å². The Kier molecular flexibility index (Phi) is 6.53. The lowest BCUT2D eigenvalue weighted by molar-refractivity contribution is -0.260. The average Bonchev–Trinajstić information content (AvgIpc) is 2.83. The van der Waals surface area contributed by atoms with Crippen LogP contribution in [0.25, 0.3) is 22.0 Å². The van der Waals surface area contributed by atoms with Crippen LogP contribution in [0.15, 0.2) is 78.0 Å². The molecule has 0 bridgehead atoms. The van der Waals surface area contributed by atoms with Gasteiger partial charge in [0.25, 0.3) is 0 Å². The number of halogens is 3. The van der Waals surface area contributed by atoms with E-state index in [2.05, 4.69) is 15.3 Å². The number of hydrogen-bond donors (Lipinski definition) is 4.